The second kappa shape index (κ2) is 11.1. The van der Waals surface area contributed by atoms with Crippen LogP contribution in [-0.2, 0) is 30.3 Å². The monoisotopic (exact) mass is 465 g/mol. The van der Waals surface area contributed by atoms with Crippen molar-refractivity contribution in [3.05, 3.63) is 35.9 Å². The van der Waals surface area contributed by atoms with Crippen molar-refractivity contribution in [2.75, 3.05) is 13.7 Å². The number of nitrogens with one attached hydrogen (secondary N) is 2. The number of benzene rings is 1. The number of methoxy groups -OCH3 is 1. The van der Waals surface area contributed by atoms with Crippen LogP contribution in [0.3, 0.4) is 0 Å². The van der Waals surface area contributed by atoms with Gasteiger partial charge >= 0.3 is 12.1 Å². The van der Waals surface area contributed by atoms with Crippen molar-refractivity contribution < 1.29 is 33.0 Å². The van der Waals surface area contributed by atoms with Crippen molar-refractivity contribution in [3.63, 3.8) is 0 Å². The van der Waals surface area contributed by atoms with E-state index in [1.807, 2.05) is 6.07 Å². The first-order chi connectivity index (χ1) is 15.4. The summed E-state index contributed by atoms with van der Waals surface area (Å²) in [7, 11) is 1.17. The fourth-order valence-corrected chi connectivity index (χ4v) is 3.48. The number of hydrogen-bond acceptors (Lipinski definition) is 6. The Hall–Kier alpha value is -3.17. The molecular formula is C23H32FN3O6. The number of halogens is 1. The Bertz CT molecular complexity index is 858. The molecule has 182 valence electrons. The molecule has 1 aliphatic heterocycles. The van der Waals surface area contributed by atoms with E-state index < -0.39 is 53.8 Å². The lowest BCUT2D eigenvalue weighted by Gasteiger charge is -2.29. The van der Waals surface area contributed by atoms with Crippen molar-refractivity contribution in [1.82, 2.24) is 15.5 Å². The number of hydrogen-bond donors (Lipinski definition) is 2. The molecule has 0 aromatic heterocycles. The van der Waals surface area contributed by atoms with Gasteiger partial charge in [0, 0.05) is 12.8 Å². The molecule has 0 spiro atoms. The number of rotatable bonds is 7. The van der Waals surface area contributed by atoms with Gasteiger partial charge in [0.2, 0.25) is 11.8 Å². The van der Waals surface area contributed by atoms with Crippen LogP contribution in [0.2, 0.25) is 0 Å². The van der Waals surface area contributed by atoms with Gasteiger partial charge < -0.3 is 25.0 Å². The van der Waals surface area contributed by atoms with Gasteiger partial charge in [-0.2, -0.15) is 0 Å². The minimum absolute atomic E-state index is 0.117. The molecule has 1 aromatic carbocycles. The van der Waals surface area contributed by atoms with E-state index >= 15 is 0 Å². The molecule has 1 saturated heterocycles. The van der Waals surface area contributed by atoms with E-state index in [0.29, 0.717) is 0 Å². The number of nitrogens with zero attached hydrogens (tertiary/aromatic N) is 1. The van der Waals surface area contributed by atoms with Crippen molar-refractivity contribution >= 4 is 23.9 Å². The first-order valence-corrected chi connectivity index (χ1v) is 10.8. The zero-order valence-electron chi connectivity index (χ0n) is 19.6. The third-order valence-corrected chi connectivity index (χ3v) is 5.03. The average molecular weight is 466 g/mol. The fraction of sp³-hybridized carbons (Fsp3) is 0.565. The van der Waals surface area contributed by atoms with Gasteiger partial charge in [-0.3, -0.25) is 9.59 Å². The number of alkyl halides is 1. The largest absolute Gasteiger partial charge is 0.467 e. The van der Waals surface area contributed by atoms with Gasteiger partial charge in [-0.15, -0.1) is 0 Å². The maximum atomic E-state index is 14.1. The van der Waals surface area contributed by atoms with E-state index in [1.54, 1.807) is 45.0 Å². The first-order valence-electron chi connectivity index (χ1n) is 10.8. The number of carbonyl (C=O) groups excluding carboxylic acids is 4. The Kier molecular flexibility index (Phi) is 8.78. The fourth-order valence-electron chi connectivity index (χ4n) is 3.48. The van der Waals surface area contributed by atoms with Gasteiger partial charge in [0.15, 0.2) is 0 Å². The van der Waals surface area contributed by atoms with Crippen molar-refractivity contribution in [2.45, 2.75) is 70.4 Å². The summed E-state index contributed by atoms with van der Waals surface area (Å²) in [6.07, 6.45) is -2.20. The number of carbonyl (C=O) groups is 4. The molecule has 0 saturated carbocycles. The lowest BCUT2D eigenvalue weighted by molar-refractivity contribution is -0.151. The molecule has 1 heterocycles. The van der Waals surface area contributed by atoms with E-state index in [4.69, 9.17) is 9.47 Å². The molecule has 33 heavy (non-hydrogen) atoms. The Labute approximate surface area is 193 Å². The van der Waals surface area contributed by atoms with Crippen LogP contribution in [0.15, 0.2) is 30.3 Å². The summed E-state index contributed by atoms with van der Waals surface area (Å²) in [4.78, 5) is 51.3. The molecule has 1 fully saturated rings. The molecule has 2 rings (SSSR count). The molecule has 10 heteroatoms. The molecule has 1 aliphatic rings. The standard InChI is InChI=1S/C23H32FN3O6/c1-14(25-22(31)33-23(2,3)4)19(28)26-17(11-15-9-7-6-8-10-15)20(29)27-13-16(24)12-18(27)21(30)32-5/h6-10,14,16-18H,11-13H2,1-5H3,(H,25,31)(H,26,28)/t14-,16-,17-,18-/m0/s1. The van der Waals surface area contributed by atoms with Crippen molar-refractivity contribution in [2.24, 2.45) is 0 Å². The van der Waals surface area contributed by atoms with Crippen LogP contribution in [0.1, 0.15) is 39.7 Å². The highest BCUT2D eigenvalue weighted by Crippen LogP contribution is 2.23. The van der Waals surface area contributed by atoms with Gasteiger partial charge in [0.1, 0.15) is 29.9 Å². The SMILES string of the molecule is COC(=O)[C@@H]1C[C@H](F)CN1C(=O)[C@H](Cc1ccccc1)NC(=O)[C@H](C)NC(=O)OC(C)(C)C. The summed E-state index contributed by atoms with van der Waals surface area (Å²) < 4.78 is 24.0. The molecule has 2 N–H and O–H groups in total. The molecular weight excluding hydrogens is 433 g/mol. The number of amides is 3. The van der Waals surface area contributed by atoms with E-state index in [-0.39, 0.29) is 19.4 Å². The van der Waals surface area contributed by atoms with Crippen LogP contribution in [0, 0.1) is 0 Å². The topological polar surface area (TPSA) is 114 Å². The molecule has 4 atom stereocenters. The van der Waals surface area contributed by atoms with Crippen LogP contribution in [0.25, 0.3) is 0 Å². The van der Waals surface area contributed by atoms with Crippen molar-refractivity contribution in [3.8, 4) is 0 Å². The summed E-state index contributed by atoms with van der Waals surface area (Å²) in [5, 5.41) is 5.05. The van der Waals surface area contributed by atoms with Crippen LogP contribution >= 0.6 is 0 Å². The zero-order chi connectivity index (χ0) is 24.8. The Morgan fingerprint density at radius 2 is 1.79 bits per heavy atom. The van der Waals surface area contributed by atoms with E-state index in [2.05, 4.69) is 10.6 Å². The van der Waals surface area contributed by atoms with Gasteiger partial charge in [-0.25, -0.2) is 14.0 Å². The summed E-state index contributed by atoms with van der Waals surface area (Å²) >= 11 is 0. The molecule has 0 radical (unpaired) electrons. The quantitative estimate of drug-likeness (QED) is 0.593. The molecule has 0 aliphatic carbocycles. The number of esters is 1. The smallest absolute Gasteiger partial charge is 0.408 e. The van der Waals surface area contributed by atoms with E-state index in [0.717, 1.165) is 10.5 Å². The van der Waals surface area contributed by atoms with E-state index in [1.165, 1.54) is 14.0 Å². The highest BCUT2D eigenvalue weighted by molar-refractivity contribution is 5.93. The minimum Gasteiger partial charge on any atom is -0.467 e. The molecule has 0 unspecified atom stereocenters. The van der Waals surface area contributed by atoms with Gasteiger partial charge in [-0.1, -0.05) is 30.3 Å². The average Bonchev–Trinajstić information content (AvgIpc) is 3.13. The van der Waals surface area contributed by atoms with Crippen LogP contribution in [-0.4, -0.2) is 72.3 Å². The Balaban J connectivity index is 2.18. The normalized spacial score (nSPS) is 19.9. The predicted octanol–water partition coefficient (Wildman–Crippen LogP) is 1.74. The number of alkyl carbamates (subject to hydrolysis) is 1. The molecule has 3 amide bonds. The van der Waals surface area contributed by atoms with Crippen LogP contribution < -0.4 is 10.6 Å². The molecule has 0 bridgehead atoms. The molecule has 1 aromatic rings. The summed E-state index contributed by atoms with van der Waals surface area (Å²) in [6.45, 7) is 6.26. The minimum atomic E-state index is -1.38. The number of ether oxygens (including phenoxy) is 2. The first kappa shape index (κ1) is 26.1. The Morgan fingerprint density at radius 3 is 2.36 bits per heavy atom. The summed E-state index contributed by atoms with van der Waals surface area (Å²) in [5.41, 5.74) is 0.0164. The lowest BCUT2D eigenvalue weighted by Crippen LogP contribution is -2.56. The highest BCUT2D eigenvalue weighted by atomic mass is 19.1. The van der Waals surface area contributed by atoms with Gasteiger partial charge in [0.05, 0.1) is 13.7 Å². The maximum Gasteiger partial charge on any atom is 0.408 e. The van der Waals surface area contributed by atoms with Crippen LogP contribution in [0.4, 0.5) is 9.18 Å². The molecule has 9 nitrogen and oxygen atoms in total. The van der Waals surface area contributed by atoms with E-state index in [9.17, 15) is 23.6 Å². The second-order valence-electron chi connectivity index (χ2n) is 8.98. The summed E-state index contributed by atoms with van der Waals surface area (Å²) in [5.74, 6) is -1.94. The zero-order valence-corrected chi connectivity index (χ0v) is 19.6. The maximum absolute atomic E-state index is 14.1. The third-order valence-electron chi connectivity index (χ3n) is 5.03. The van der Waals surface area contributed by atoms with Crippen molar-refractivity contribution in [1.29, 1.82) is 0 Å². The van der Waals surface area contributed by atoms with Gasteiger partial charge in [-0.05, 0) is 33.3 Å². The van der Waals surface area contributed by atoms with Gasteiger partial charge in [0.25, 0.3) is 0 Å². The highest BCUT2D eigenvalue weighted by Gasteiger charge is 2.43. The summed E-state index contributed by atoms with van der Waals surface area (Å²) in [6, 6.07) is 5.81. The second-order valence-corrected chi connectivity index (χ2v) is 8.98. The van der Waals surface area contributed by atoms with Crippen LogP contribution in [0.5, 0.6) is 0 Å². The number of likely N-dealkylation sites (tertiary alicyclic amines) is 1. The third kappa shape index (κ3) is 7.73. The predicted molar refractivity (Wildman–Crippen MR) is 118 cm³/mol. The lowest BCUT2D eigenvalue weighted by atomic mass is 10.0. The Morgan fingerprint density at radius 1 is 1.15 bits per heavy atom.